The molecule has 2 aliphatic rings. The van der Waals surface area contributed by atoms with E-state index in [4.69, 9.17) is 10.5 Å². The average Bonchev–Trinajstić information content (AvgIpc) is 3.13. The Bertz CT molecular complexity index is 634. The number of aryl methyl sites for hydroxylation is 1. The van der Waals surface area contributed by atoms with Gasteiger partial charge in [-0.3, -0.25) is 0 Å². The van der Waals surface area contributed by atoms with Gasteiger partial charge in [-0.05, 0) is 41.8 Å². The molecule has 0 fully saturated rings. The Morgan fingerprint density at radius 2 is 2.20 bits per heavy atom. The summed E-state index contributed by atoms with van der Waals surface area (Å²) in [5, 5.41) is 2.21. The number of hydrogen-bond acceptors (Lipinski definition) is 3. The smallest absolute Gasteiger partial charge is 0.127 e. The lowest BCUT2D eigenvalue weighted by atomic mass is 9.80. The minimum atomic E-state index is 0.0525. The van der Waals surface area contributed by atoms with Crippen molar-refractivity contribution in [2.45, 2.75) is 37.6 Å². The highest BCUT2D eigenvalue weighted by atomic mass is 32.1. The summed E-state index contributed by atoms with van der Waals surface area (Å²) in [6, 6.07) is 8.76. The van der Waals surface area contributed by atoms with Gasteiger partial charge < -0.3 is 10.5 Å². The third-order valence-corrected chi connectivity index (χ3v) is 5.63. The molecule has 2 unspecified atom stereocenters. The number of thiophene rings is 1. The number of hydrogen-bond donors (Lipinski definition) is 1. The van der Waals surface area contributed by atoms with E-state index in [1.807, 2.05) is 11.3 Å². The van der Waals surface area contributed by atoms with Gasteiger partial charge in [0.05, 0.1) is 6.61 Å². The highest BCUT2D eigenvalue weighted by molar-refractivity contribution is 7.10. The summed E-state index contributed by atoms with van der Waals surface area (Å²) in [4.78, 5) is 1.53. The fraction of sp³-hybridized carbons (Fsp3) is 0.412. The van der Waals surface area contributed by atoms with Crippen molar-refractivity contribution in [1.82, 2.24) is 0 Å². The molecule has 1 aromatic carbocycles. The second kappa shape index (κ2) is 4.90. The largest absolute Gasteiger partial charge is 0.493 e. The highest BCUT2D eigenvalue weighted by Crippen LogP contribution is 2.44. The molecule has 2 atom stereocenters. The van der Waals surface area contributed by atoms with Crippen molar-refractivity contribution in [2.24, 2.45) is 5.73 Å². The van der Waals surface area contributed by atoms with Crippen molar-refractivity contribution in [3.63, 3.8) is 0 Å². The van der Waals surface area contributed by atoms with E-state index >= 15 is 0 Å². The normalized spacial score (nSPS) is 21.9. The number of nitrogens with two attached hydrogens (primary N) is 1. The van der Waals surface area contributed by atoms with Crippen LogP contribution in [0.25, 0.3) is 0 Å². The molecule has 0 bridgehead atoms. The van der Waals surface area contributed by atoms with Crippen LogP contribution in [0.5, 0.6) is 5.75 Å². The zero-order valence-electron chi connectivity index (χ0n) is 11.5. The predicted molar refractivity (Wildman–Crippen MR) is 82.6 cm³/mol. The molecule has 1 aliphatic heterocycles. The third-order valence-electron chi connectivity index (χ3n) is 4.64. The molecular weight excluding hydrogens is 266 g/mol. The van der Waals surface area contributed by atoms with Crippen molar-refractivity contribution in [1.29, 1.82) is 0 Å². The van der Waals surface area contributed by atoms with Gasteiger partial charge in [-0.25, -0.2) is 0 Å². The molecule has 2 nitrogen and oxygen atoms in total. The molecule has 0 radical (unpaired) electrons. The van der Waals surface area contributed by atoms with Gasteiger partial charge in [0.2, 0.25) is 0 Å². The Morgan fingerprint density at radius 3 is 3.15 bits per heavy atom. The second-order valence-electron chi connectivity index (χ2n) is 5.76. The topological polar surface area (TPSA) is 35.2 Å². The van der Waals surface area contributed by atoms with Crippen LogP contribution in [0, 0.1) is 0 Å². The molecule has 104 valence electrons. The molecule has 0 saturated carbocycles. The lowest BCUT2D eigenvalue weighted by Crippen LogP contribution is -2.23. The number of rotatable bonds is 2. The molecular formula is C17H19NOS. The first-order valence-electron chi connectivity index (χ1n) is 7.41. The fourth-order valence-electron chi connectivity index (χ4n) is 3.62. The molecule has 20 heavy (non-hydrogen) atoms. The summed E-state index contributed by atoms with van der Waals surface area (Å²) in [6.45, 7) is 0.799. The Hall–Kier alpha value is -1.32. The standard InChI is InChI=1S/C17H19NOS/c18-16(13-4-2-6-15-12(13)8-10-20-15)14-5-1-3-11-7-9-19-17(11)14/h1,3,5,8,10,13,16H,2,4,6-7,9,18H2. The summed E-state index contributed by atoms with van der Waals surface area (Å²) >= 11 is 1.88. The number of para-hydroxylation sites is 1. The molecule has 3 heteroatoms. The van der Waals surface area contributed by atoms with Crippen molar-refractivity contribution in [3.8, 4) is 5.75 Å². The molecule has 2 heterocycles. The van der Waals surface area contributed by atoms with Gasteiger partial charge >= 0.3 is 0 Å². The Balaban J connectivity index is 1.73. The average molecular weight is 285 g/mol. The van der Waals surface area contributed by atoms with Crippen LogP contribution < -0.4 is 10.5 Å². The Labute approximate surface area is 123 Å². The van der Waals surface area contributed by atoms with Crippen LogP contribution in [-0.2, 0) is 12.8 Å². The molecule has 0 saturated heterocycles. The lowest BCUT2D eigenvalue weighted by molar-refractivity contribution is 0.347. The van der Waals surface area contributed by atoms with Gasteiger partial charge in [0.1, 0.15) is 5.75 Å². The molecule has 2 N–H and O–H groups in total. The van der Waals surface area contributed by atoms with E-state index in [0.29, 0.717) is 5.92 Å². The van der Waals surface area contributed by atoms with Crippen molar-refractivity contribution < 1.29 is 4.74 Å². The SMILES string of the molecule is NC(c1cccc2c1OCC2)C1CCCc2sccc21. The fourth-order valence-corrected chi connectivity index (χ4v) is 4.61. The zero-order chi connectivity index (χ0) is 13.5. The number of ether oxygens (including phenoxy) is 1. The first-order valence-corrected chi connectivity index (χ1v) is 8.29. The molecule has 2 aromatic rings. The zero-order valence-corrected chi connectivity index (χ0v) is 12.3. The van der Waals surface area contributed by atoms with Gasteiger partial charge in [-0.1, -0.05) is 18.2 Å². The number of benzene rings is 1. The van der Waals surface area contributed by atoms with Crippen LogP contribution in [0.1, 0.15) is 46.4 Å². The van der Waals surface area contributed by atoms with Gasteiger partial charge in [-0.2, -0.15) is 0 Å². The van der Waals surface area contributed by atoms with Crippen LogP contribution in [-0.4, -0.2) is 6.61 Å². The minimum absolute atomic E-state index is 0.0525. The first kappa shape index (κ1) is 12.4. The maximum Gasteiger partial charge on any atom is 0.127 e. The van der Waals surface area contributed by atoms with Gasteiger partial charge in [-0.15, -0.1) is 11.3 Å². The summed E-state index contributed by atoms with van der Waals surface area (Å²) in [5.74, 6) is 1.50. The maximum absolute atomic E-state index is 6.64. The van der Waals surface area contributed by atoms with E-state index in [1.54, 1.807) is 0 Å². The second-order valence-corrected chi connectivity index (χ2v) is 6.76. The van der Waals surface area contributed by atoms with Crippen LogP contribution in [0.15, 0.2) is 29.6 Å². The first-order chi connectivity index (χ1) is 9.84. The summed E-state index contributed by atoms with van der Waals surface area (Å²) in [6.07, 6.45) is 4.68. The van der Waals surface area contributed by atoms with Gasteiger partial charge in [0.25, 0.3) is 0 Å². The monoisotopic (exact) mass is 285 g/mol. The summed E-state index contributed by atoms with van der Waals surface area (Å²) in [5.41, 5.74) is 10.6. The Kier molecular flexibility index (Phi) is 3.04. The van der Waals surface area contributed by atoms with Crippen molar-refractivity contribution in [3.05, 3.63) is 51.2 Å². The van der Waals surface area contributed by atoms with E-state index in [-0.39, 0.29) is 6.04 Å². The summed E-state index contributed by atoms with van der Waals surface area (Å²) < 4.78 is 5.83. The van der Waals surface area contributed by atoms with E-state index in [0.717, 1.165) is 18.8 Å². The minimum Gasteiger partial charge on any atom is -0.493 e. The van der Waals surface area contributed by atoms with Crippen LogP contribution >= 0.6 is 11.3 Å². The van der Waals surface area contributed by atoms with E-state index in [2.05, 4.69) is 29.6 Å². The van der Waals surface area contributed by atoms with Gasteiger partial charge in [0, 0.05) is 28.8 Å². The lowest BCUT2D eigenvalue weighted by Gasteiger charge is -2.29. The molecule has 1 aromatic heterocycles. The maximum atomic E-state index is 6.64. The Morgan fingerprint density at radius 1 is 1.25 bits per heavy atom. The third kappa shape index (κ3) is 1.88. The predicted octanol–water partition coefficient (Wildman–Crippen LogP) is 3.80. The van der Waals surface area contributed by atoms with E-state index < -0.39 is 0 Å². The van der Waals surface area contributed by atoms with Gasteiger partial charge in [0.15, 0.2) is 0 Å². The van der Waals surface area contributed by atoms with Crippen LogP contribution in [0.3, 0.4) is 0 Å². The summed E-state index contributed by atoms with van der Waals surface area (Å²) in [7, 11) is 0. The molecule has 0 spiro atoms. The van der Waals surface area contributed by atoms with Crippen LogP contribution in [0.4, 0.5) is 0 Å². The molecule has 1 aliphatic carbocycles. The highest BCUT2D eigenvalue weighted by Gasteiger charge is 2.30. The molecule has 4 rings (SSSR count). The van der Waals surface area contributed by atoms with E-state index in [1.165, 1.54) is 40.8 Å². The van der Waals surface area contributed by atoms with E-state index in [9.17, 15) is 0 Å². The van der Waals surface area contributed by atoms with Crippen molar-refractivity contribution >= 4 is 11.3 Å². The quantitative estimate of drug-likeness (QED) is 0.911. The number of fused-ring (bicyclic) bond motifs is 2. The van der Waals surface area contributed by atoms with Crippen LogP contribution in [0.2, 0.25) is 0 Å². The molecule has 0 amide bonds. The van der Waals surface area contributed by atoms with Crippen molar-refractivity contribution in [2.75, 3.05) is 6.61 Å².